The predicted octanol–water partition coefficient (Wildman–Crippen LogP) is 4.52. The van der Waals surface area contributed by atoms with Crippen LogP contribution < -0.4 is 10.2 Å². The quantitative estimate of drug-likeness (QED) is 0.596. The standard InChI is InChI=1S/C22H23N5O2.C4H8.2H2/c1-15-7-8-24-18(9-15)10-25-22(28)17-5-3-16(4-6-17)20-11-23-12-21(26-20)27-13-19(14-27)29-2;1-4-2-3-4;;/h3-9,11-12,19H,10,13-14H2,1-2H3,(H,25,28);4H,2-3H2,1H3;2*1H. The van der Waals surface area contributed by atoms with Crippen molar-refractivity contribution in [1.82, 2.24) is 20.3 Å². The van der Waals surface area contributed by atoms with Crippen molar-refractivity contribution < 1.29 is 12.4 Å². The number of benzene rings is 1. The van der Waals surface area contributed by atoms with E-state index >= 15 is 0 Å². The van der Waals surface area contributed by atoms with Crippen LogP contribution in [-0.2, 0) is 11.3 Å². The Labute approximate surface area is 198 Å². The maximum absolute atomic E-state index is 12.4. The first-order valence-electron chi connectivity index (χ1n) is 11.4. The van der Waals surface area contributed by atoms with Gasteiger partial charge in [-0.25, -0.2) is 4.98 Å². The molecule has 2 fully saturated rings. The smallest absolute Gasteiger partial charge is 0.251 e. The second kappa shape index (κ2) is 10.5. The Bertz CT molecular complexity index is 1090. The van der Waals surface area contributed by atoms with Crippen LogP contribution in [0, 0.1) is 12.8 Å². The lowest BCUT2D eigenvalue weighted by Gasteiger charge is -2.38. The first kappa shape index (κ1) is 22.9. The molecule has 2 aromatic heterocycles. The van der Waals surface area contributed by atoms with Crippen molar-refractivity contribution in [3.05, 3.63) is 71.8 Å². The Balaban J connectivity index is 0.000000655. The average Bonchev–Trinajstić information content (AvgIpc) is 3.60. The third-order valence-corrected chi connectivity index (χ3v) is 5.84. The minimum atomic E-state index is -0.133. The number of hydrogen-bond acceptors (Lipinski definition) is 6. The predicted molar refractivity (Wildman–Crippen MR) is 133 cm³/mol. The maximum atomic E-state index is 12.4. The molecule has 33 heavy (non-hydrogen) atoms. The van der Waals surface area contributed by atoms with E-state index in [1.54, 1.807) is 37.8 Å². The molecular weight excluding hydrogens is 414 g/mol. The SMILES string of the molecule is CC1CC1.COC1CN(c2cncc(-c3ccc(C(=O)NCc4cc(C)ccn4)cc3)n2)C1.[HH].[HH]. The monoisotopic (exact) mass is 449 g/mol. The zero-order valence-electron chi connectivity index (χ0n) is 19.5. The van der Waals surface area contributed by atoms with Crippen LogP contribution in [0.3, 0.4) is 0 Å². The number of rotatable bonds is 6. The fourth-order valence-corrected chi connectivity index (χ4v) is 3.35. The van der Waals surface area contributed by atoms with Crippen LogP contribution in [0.5, 0.6) is 0 Å². The summed E-state index contributed by atoms with van der Waals surface area (Å²) in [6.07, 6.45) is 8.47. The highest BCUT2D eigenvalue weighted by Gasteiger charge is 2.27. The number of methoxy groups -OCH3 is 1. The Morgan fingerprint density at radius 3 is 2.55 bits per heavy atom. The molecule has 0 radical (unpaired) electrons. The number of carbonyl (C=O) groups excluding carboxylic acids is 1. The molecule has 3 heterocycles. The first-order chi connectivity index (χ1) is 16.0. The van der Waals surface area contributed by atoms with Gasteiger partial charge in [-0.1, -0.05) is 31.9 Å². The second-order valence-electron chi connectivity index (χ2n) is 8.79. The van der Waals surface area contributed by atoms with Crippen molar-refractivity contribution in [2.24, 2.45) is 5.92 Å². The summed E-state index contributed by atoms with van der Waals surface area (Å²) in [7, 11) is 1.72. The van der Waals surface area contributed by atoms with Gasteiger partial charge in [-0.15, -0.1) is 0 Å². The van der Waals surface area contributed by atoms with Crippen molar-refractivity contribution in [1.29, 1.82) is 0 Å². The lowest BCUT2D eigenvalue weighted by Crippen LogP contribution is -2.52. The van der Waals surface area contributed by atoms with Gasteiger partial charge >= 0.3 is 0 Å². The molecular formula is C26H35N5O2. The number of ether oxygens (including phenoxy) is 1. The molecule has 1 aliphatic heterocycles. The second-order valence-corrected chi connectivity index (χ2v) is 8.79. The number of aryl methyl sites for hydroxylation is 1. The van der Waals surface area contributed by atoms with Gasteiger partial charge in [-0.05, 0) is 42.7 Å². The summed E-state index contributed by atoms with van der Waals surface area (Å²) in [6, 6.07) is 11.3. The minimum absolute atomic E-state index is 0. The summed E-state index contributed by atoms with van der Waals surface area (Å²) in [4.78, 5) is 27.8. The highest BCUT2D eigenvalue weighted by Crippen LogP contribution is 2.26. The molecule has 7 heteroatoms. The number of amides is 1. The molecule has 0 bridgehead atoms. The van der Waals surface area contributed by atoms with Crippen molar-refractivity contribution in [3.63, 3.8) is 0 Å². The molecule has 0 atom stereocenters. The molecule has 1 aliphatic carbocycles. The Kier molecular flexibility index (Phi) is 7.29. The van der Waals surface area contributed by atoms with Crippen LogP contribution in [0.25, 0.3) is 11.3 Å². The van der Waals surface area contributed by atoms with Gasteiger partial charge in [0.25, 0.3) is 5.91 Å². The largest absolute Gasteiger partial charge is 0.378 e. The van der Waals surface area contributed by atoms with Crippen LogP contribution >= 0.6 is 0 Å². The Morgan fingerprint density at radius 1 is 1.18 bits per heavy atom. The number of pyridine rings is 1. The van der Waals surface area contributed by atoms with E-state index in [1.807, 2.05) is 31.2 Å². The summed E-state index contributed by atoms with van der Waals surface area (Å²) in [5.41, 5.74) is 4.24. The number of aromatic nitrogens is 3. The zero-order chi connectivity index (χ0) is 23.2. The molecule has 7 nitrogen and oxygen atoms in total. The van der Waals surface area contributed by atoms with Crippen molar-refractivity contribution in [2.45, 2.75) is 39.3 Å². The van der Waals surface area contributed by atoms with E-state index in [9.17, 15) is 4.79 Å². The number of nitrogens with zero attached hydrogens (tertiary/aromatic N) is 4. The number of carbonyl (C=O) groups is 1. The van der Waals surface area contributed by atoms with Gasteiger partial charge in [0, 0.05) is 40.4 Å². The molecule has 0 unspecified atom stereocenters. The molecule has 1 saturated carbocycles. The Morgan fingerprint density at radius 2 is 1.91 bits per heavy atom. The molecule has 5 rings (SSSR count). The normalized spacial score (nSPS) is 15.3. The van der Waals surface area contributed by atoms with Crippen LogP contribution in [0.1, 0.15) is 44.2 Å². The number of nitrogens with one attached hydrogen (secondary N) is 1. The van der Waals surface area contributed by atoms with Gasteiger partial charge in [-0.2, -0.15) is 0 Å². The summed E-state index contributed by atoms with van der Waals surface area (Å²) < 4.78 is 5.31. The molecule has 1 N–H and O–H groups in total. The summed E-state index contributed by atoms with van der Waals surface area (Å²) in [6.45, 7) is 6.32. The van der Waals surface area contributed by atoms with Crippen molar-refractivity contribution >= 4 is 11.7 Å². The first-order valence-corrected chi connectivity index (χ1v) is 11.4. The van der Waals surface area contributed by atoms with Gasteiger partial charge in [0.15, 0.2) is 0 Å². The lowest BCUT2D eigenvalue weighted by atomic mass is 10.1. The maximum Gasteiger partial charge on any atom is 0.251 e. The van der Waals surface area contributed by atoms with Gasteiger partial charge in [0.1, 0.15) is 5.82 Å². The van der Waals surface area contributed by atoms with Gasteiger partial charge in [0.2, 0.25) is 0 Å². The van der Waals surface area contributed by atoms with E-state index in [-0.39, 0.29) is 14.9 Å². The highest BCUT2D eigenvalue weighted by molar-refractivity contribution is 5.94. The fraction of sp³-hybridized carbons (Fsp3) is 0.385. The zero-order valence-corrected chi connectivity index (χ0v) is 19.5. The molecule has 1 saturated heterocycles. The third kappa shape index (κ3) is 6.35. The van der Waals surface area contributed by atoms with Crippen LogP contribution in [0.2, 0.25) is 0 Å². The molecule has 2 aliphatic rings. The van der Waals surface area contributed by atoms with Gasteiger partial charge < -0.3 is 15.0 Å². The molecule has 1 amide bonds. The topological polar surface area (TPSA) is 80.2 Å². The summed E-state index contributed by atoms with van der Waals surface area (Å²) >= 11 is 0. The van der Waals surface area contributed by atoms with E-state index in [0.717, 1.165) is 47.3 Å². The van der Waals surface area contributed by atoms with Crippen LogP contribution in [-0.4, -0.2) is 47.2 Å². The summed E-state index contributed by atoms with van der Waals surface area (Å²) in [5, 5.41) is 2.90. The molecule has 176 valence electrons. The van der Waals surface area contributed by atoms with Crippen LogP contribution in [0.15, 0.2) is 55.0 Å². The average molecular weight is 450 g/mol. The lowest BCUT2D eigenvalue weighted by molar-refractivity contribution is 0.0783. The van der Waals surface area contributed by atoms with Gasteiger partial charge in [-0.3, -0.25) is 14.8 Å². The van der Waals surface area contributed by atoms with Crippen molar-refractivity contribution in [2.75, 3.05) is 25.1 Å². The molecule has 1 aromatic carbocycles. The number of anilines is 1. The van der Waals surface area contributed by atoms with E-state index in [4.69, 9.17) is 9.72 Å². The highest BCUT2D eigenvalue weighted by atomic mass is 16.5. The summed E-state index contributed by atoms with van der Waals surface area (Å²) in [5.74, 6) is 1.79. The van der Waals surface area contributed by atoms with E-state index < -0.39 is 0 Å². The van der Waals surface area contributed by atoms with Crippen molar-refractivity contribution in [3.8, 4) is 11.3 Å². The van der Waals surface area contributed by atoms with Crippen LogP contribution in [0.4, 0.5) is 5.82 Å². The van der Waals surface area contributed by atoms with Gasteiger partial charge in [0.05, 0.1) is 36.4 Å². The number of hydrogen-bond donors (Lipinski definition) is 1. The Hall–Kier alpha value is -3.32. The minimum Gasteiger partial charge on any atom is -0.378 e. The van der Waals surface area contributed by atoms with E-state index in [1.165, 1.54) is 12.8 Å². The fourth-order valence-electron chi connectivity index (χ4n) is 3.35. The van der Waals surface area contributed by atoms with E-state index in [0.29, 0.717) is 12.1 Å². The van der Waals surface area contributed by atoms with E-state index in [2.05, 4.69) is 27.1 Å². The molecule has 3 aromatic rings. The molecule has 0 spiro atoms. The third-order valence-electron chi connectivity index (χ3n) is 5.84.